The summed E-state index contributed by atoms with van der Waals surface area (Å²) in [5, 5.41) is 3.48. The molecule has 1 N–H and O–H groups in total. The van der Waals surface area contributed by atoms with Crippen LogP contribution in [-0.4, -0.2) is 42.1 Å². The lowest BCUT2D eigenvalue weighted by Gasteiger charge is -2.18. The Morgan fingerprint density at radius 2 is 2.00 bits per heavy atom. The third kappa shape index (κ3) is 3.67. The predicted octanol–water partition coefficient (Wildman–Crippen LogP) is 2.11. The van der Waals surface area contributed by atoms with Crippen LogP contribution in [0.2, 0.25) is 0 Å². The van der Waals surface area contributed by atoms with Gasteiger partial charge in [0.2, 0.25) is 0 Å². The fourth-order valence-electron chi connectivity index (χ4n) is 2.43. The molecule has 0 unspecified atom stereocenters. The van der Waals surface area contributed by atoms with Gasteiger partial charge in [-0.3, -0.25) is 0 Å². The van der Waals surface area contributed by atoms with Crippen LogP contribution in [0.4, 0.5) is 5.82 Å². The average molecular weight is 248 g/mol. The number of hydrogen-bond acceptors (Lipinski definition) is 4. The largest absolute Gasteiger partial charge is 0.370 e. The van der Waals surface area contributed by atoms with E-state index in [1.165, 1.54) is 36.9 Å². The number of nitrogens with one attached hydrogen (secondary N) is 1. The molecule has 0 bridgehead atoms. The van der Waals surface area contributed by atoms with E-state index in [1.54, 1.807) is 6.33 Å². The Morgan fingerprint density at radius 1 is 1.17 bits per heavy atom. The van der Waals surface area contributed by atoms with Crippen LogP contribution in [0.15, 0.2) is 6.33 Å². The topological polar surface area (TPSA) is 41.0 Å². The summed E-state index contributed by atoms with van der Waals surface area (Å²) in [6.45, 7) is 2.17. The normalized spacial score (nSPS) is 14.6. The molecular formula is C14H24N4. The summed E-state index contributed by atoms with van der Waals surface area (Å²) in [5.41, 5.74) is 2.61. The predicted molar refractivity (Wildman–Crippen MR) is 75.0 cm³/mol. The molecule has 2 rings (SSSR count). The van der Waals surface area contributed by atoms with Crippen molar-refractivity contribution < 1.29 is 0 Å². The molecular weight excluding hydrogens is 224 g/mol. The molecule has 1 aromatic rings. The second-order valence-electron chi connectivity index (χ2n) is 5.29. The van der Waals surface area contributed by atoms with Gasteiger partial charge in [-0.1, -0.05) is 0 Å². The first kappa shape index (κ1) is 13.3. The highest BCUT2D eigenvalue weighted by Gasteiger charge is 2.14. The van der Waals surface area contributed by atoms with Crippen molar-refractivity contribution in [2.24, 2.45) is 0 Å². The highest BCUT2D eigenvalue weighted by atomic mass is 15.0. The molecule has 0 aromatic carbocycles. The lowest BCUT2D eigenvalue weighted by atomic mass is 9.96. The summed E-state index contributed by atoms with van der Waals surface area (Å²) in [6, 6.07) is 0. The average Bonchev–Trinajstić information content (AvgIpc) is 2.38. The first-order valence-electron chi connectivity index (χ1n) is 6.98. The van der Waals surface area contributed by atoms with E-state index in [-0.39, 0.29) is 0 Å². The minimum absolute atomic E-state index is 1.01. The summed E-state index contributed by atoms with van der Waals surface area (Å²) < 4.78 is 0. The first-order valence-corrected chi connectivity index (χ1v) is 6.98. The molecule has 0 fully saturated rings. The molecule has 1 aromatic heterocycles. The van der Waals surface area contributed by atoms with E-state index in [1.807, 2.05) is 0 Å². The van der Waals surface area contributed by atoms with Crippen LogP contribution in [0, 0.1) is 0 Å². The van der Waals surface area contributed by atoms with Gasteiger partial charge in [-0.2, -0.15) is 0 Å². The number of fused-ring (bicyclic) bond motifs is 1. The Kier molecular flexibility index (Phi) is 4.93. The first-order chi connectivity index (χ1) is 8.77. The molecule has 0 amide bonds. The maximum absolute atomic E-state index is 4.39. The molecule has 4 heteroatoms. The van der Waals surface area contributed by atoms with Crippen LogP contribution in [0.25, 0.3) is 0 Å². The standard InChI is InChI=1S/C14H24N4/c1-18(2)10-6-5-9-15-14-12-7-3-4-8-13(12)16-11-17-14/h11H,3-10H2,1-2H3,(H,15,16,17). The highest BCUT2D eigenvalue weighted by molar-refractivity contribution is 5.46. The Labute approximate surface area is 110 Å². The van der Waals surface area contributed by atoms with Gasteiger partial charge in [-0.15, -0.1) is 0 Å². The summed E-state index contributed by atoms with van der Waals surface area (Å²) in [4.78, 5) is 11.0. The van der Waals surface area contributed by atoms with Gasteiger partial charge in [-0.25, -0.2) is 9.97 Å². The van der Waals surface area contributed by atoms with Crippen molar-refractivity contribution in [3.8, 4) is 0 Å². The number of rotatable bonds is 6. The molecule has 0 saturated heterocycles. The maximum atomic E-state index is 4.39. The van der Waals surface area contributed by atoms with Gasteiger partial charge in [0.25, 0.3) is 0 Å². The lowest BCUT2D eigenvalue weighted by Crippen LogP contribution is -2.15. The Morgan fingerprint density at radius 3 is 2.83 bits per heavy atom. The van der Waals surface area contributed by atoms with Gasteiger partial charge in [0.15, 0.2) is 0 Å². The van der Waals surface area contributed by atoms with Gasteiger partial charge in [0.05, 0.1) is 0 Å². The SMILES string of the molecule is CN(C)CCCCNc1ncnc2c1CCCC2. The van der Waals surface area contributed by atoms with E-state index in [0.29, 0.717) is 0 Å². The van der Waals surface area contributed by atoms with Gasteiger partial charge in [0.1, 0.15) is 12.1 Å². The minimum atomic E-state index is 1.01. The molecule has 18 heavy (non-hydrogen) atoms. The third-order valence-electron chi connectivity index (χ3n) is 3.45. The number of aromatic nitrogens is 2. The van der Waals surface area contributed by atoms with Crippen molar-refractivity contribution >= 4 is 5.82 Å². The molecule has 0 radical (unpaired) electrons. The van der Waals surface area contributed by atoms with Crippen LogP contribution in [-0.2, 0) is 12.8 Å². The van der Waals surface area contributed by atoms with Crippen molar-refractivity contribution in [1.29, 1.82) is 0 Å². The number of anilines is 1. The number of unbranched alkanes of at least 4 members (excludes halogenated alkanes) is 1. The highest BCUT2D eigenvalue weighted by Crippen LogP contribution is 2.24. The van der Waals surface area contributed by atoms with E-state index < -0.39 is 0 Å². The fraction of sp³-hybridized carbons (Fsp3) is 0.714. The molecule has 0 saturated carbocycles. The van der Waals surface area contributed by atoms with Crippen LogP contribution in [0.5, 0.6) is 0 Å². The van der Waals surface area contributed by atoms with Gasteiger partial charge in [-0.05, 0) is 59.2 Å². The van der Waals surface area contributed by atoms with Crippen LogP contribution < -0.4 is 5.32 Å². The van der Waals surface area contributed by atoms with Crippen molar-refractivity contribution in [3.05, 3.63) is 17.6 Å². The molecule has 0 aliphatic heterocycles. The lowest BCUT2D eigenvalue weighted by molar-refractivity contribution is 0.396. The quantitative estimate of drug-likeness (QED) is 0.783. The molecule has 1 aliphatic rings. The summed E-state index contributed by atoms with van der Waals surface area (Å²) in [6.07, 6.45) is 8.92. The Hall–Kier alpha value is -1.16. The molecule has 1 heterocycles. The van der Waals surface area contributed by atoms with E-state index in [2.05, 4.69) is 34.3 Å². The van der Waals surface area contributed by atoms with Gasteiger partial charge in [0, 0.05) is 17.8 Å². The fourth-order valence-corrected chi connectivity index (χ4v) is 2.43. The number of aryl methyl sites for hydroxylation is 1. The summed E-state index contributed by atoms with van der Waals surface area (Å²) >= 11 is 0. The second kappa shape index (κ2) is 6.69. The van der Waals surface area contributed by atoms with E-state index in [0.717, 1.165) is 31.7 Å². The van der Waals surface area contributed by atoms with Crippen LogP contribution >= 0.6 is 0 Å². The van der Waals surface area contributed by atoms with Crippen molar-refractivity contribution in [2.75, 3.05) is 32.5 Å². The zero-order valence-corrected chi connectivity index (χ0v) is 11.6. The molecule has 1 aliphatic carbocycles. The minimum Gasteiger partial charge on any atom is -0.370 e. The van der Waals surface area contributed by atoms with Crippen molar-refractivity contribution in [2.45, 2.75) is 38.5 Å². The van der Waals surface area contributed by atoms with E-state index >= 15 is 0 Å². The van der Waals surface area contributed by atoms with Crippen molar-refractivity contribution in [3.63, 3.8) is 0 Å². The molecule has 100 valence electrons. The van der Waals surface area contributed by atoms with Gasteiger partial charge < -0.3 is 10.2 Å². The smallest absolute Gasteiger partial charge is 0.132 e. The second-order valence-corrected chi connectivity index (χ2v) is 5.29. The monoisotopic (exact) mass is 248 g/mol. The molecule has 0 spiro atoms. The maximum Gasteiger partial charge on any atom is 0.132 e. The van der Waals surface area contributed by atoms with Gasteiger partial charge >= 0.3 is 0 Å². The zero-order chi connectivity index (χ0) is 12.8. The van der Waals surface area contributed by atoms with Crippen LogP contribution in [0.3, 0.4) is 0 Å². The Bertz CT molecular complexity index is 376. The number of hydrogen-bond donors (Lipinski definition) is 1. The summed E-state index contributed by atoms with van der Waals surface area (Å²) in [5.74, 6) is 1.07. The summed E-state index contributed by atoms with van der Waals surface area (Å²) in [7, 11) is 4.24. The Balaban J connectivity index is 1.82. The number of nitrogens with zero attached hydrogens (tertiary/aromatic N) is 3. The van der Waals surface area contributed by atoms with Crippen LogP contribution in [0.1, 0.15) is 36.9 Å². The van der Waals surface area contributed by atoms with E-state index in [9.17, 15) is 0 Å². The molecule has 0 atom stereocenters. The third-order valence-corrected chi connectivity index (χ3v) is 3.45. The van der Waals surface area contributed by atoms with Crippen molar-refractivity contribution in [1.82, 2.24) is 14.9 Å². The zero-order valence-electron chi connectivity index (χ0n) is 11.6. The molecule has 4 nitrogen and oxygen atoms in total. The van der Waals surface area contributed by atoms with E-state index in [4.69, 9.17) is 0 Å².